The van der Waals surface area contributed by atoms with Gasteiger partial charge in [0.05, 0.1) is 17.3 Å². The fourth-order valence-corrected chi connectivity index (χ4v) is 4.69. The van der Waals surface area contributed by atoms with E-state index in [0.717, 1.165) is 50.7 Å². The Balaban J connectivity index is 1.78. The van der Waals surface area contributed by atoms with Gasteiger partial charge in [-0.1, -0.05) is 38.1 Å². The van der Waals surface area contributed by atoms with Gasteiger partial charge in [-0.15, -0.1) is 0 Å². The predicted octanol–water partition coefficient (Wildman–Crippen LogP) is 5.16. The Hall–Kier alpha value is -2.92. The highest BCUT2D eigenvalue weighted by atomic mass is 19.1. The van der Waals surface area contributed by atoms with Crippen LogP contribution in [0.3, 0.4) is 0 Å². The van der Waals surface area contributed by atoms with Gasteiger partial charge >= 0.3 is 0 Å². The molecule has 0 saturated carbocycles. The molecular formula is C24H23FN2O2. The van der Waals surface area contributed by atoms with E-state index in [1.165, 1.54) is 12.1 Å². The number of H-pyrrole nitrogens is 1. The van der Waals surface area contributed by atoms with E-state index in [-0.39, 0.29) is 11.2 Å². The number of hydrogen-bond acceptors (Lipinski definition) is 3. The number of halogens is 1. The van der Waals surface area contributed by atoms with Gasteiger partial charge in [-0.05, 0) is 42.0 Å². The van der Waals surface area contributed by atoms with Crippen LogP contribution in [0.2, 0.25) is 0 Å². The quantitative estimate of drug-likeness (QED) is 0.443. The Kier molecular flexibility index (Phi) is 3.93. The number of rotatable bonds is 2. The smallest absolute Gasteiger partial charge is 0.165 e. The molecule has 0 radical (unpaired) electrons. The second-order valence-corrected chi connectivity index (χ2v) is 8.86. The first-order valence-corrected chi connectivity index (χ1v) is 9.90. The molecule has 1 aliphatic carbocycles. The Morgan fingerprint density at radius 1 is 1.21 bits per heavy atom. The fraction of sp³-hybridized carbons (Fsp3) is 0.292. The highest BCUT2D eigenvalue weighted by Crippen LogP contribution is 2.45. The summed E-state index contributed by atoms with van der Waals surface area (Å²) in [4.78, 5) is 8.42. The number of fused-ring (bicyclic) bond motifs is 5. The molecule has 0 saturated heterocycles. The lowest BCUT2D eigenvalue weighted by Crippen LogP contribution is -2.27. The van der Waals surface area contributed by atoms with Crippen LogP contribution in [0, 0.1) is 11.2 Å². The molecule has 148 valence electrons. The molecule has 2 aromatic heterocycles. The van der Waals surface area contributed by atoms with Crippen molar-refractivity contribution >= 4 is 21.8 Å². The summed E-state index contributed by atoms with van der Waals surface area (Å²) in [6.07, 6.45) is 1.35. The molecule has 4 nitrogen and oxygen atoms in total. The molecule has 0 aliphatic heterocycles. The lowest BCUT2D eigenvalue weighted by molar-refractivity contribution is 0.0997. The number of pyridine rings is 1. The Labute approximate surface area is 168 Å². The van der Waals surface area contributed by atoms with E-state index in [9.17, 15) is 14.6 Å². The number of phenols is 1. The monoisotopic (exact) mass is 390 g/mol. The van der Waals surface area contributed by atoms with Crippen molar-refractivity contribution in [3.8, 4) is 5.75 Å². The van der Waals surface area contributed by atoms with E-state index in [0.29, 0.717) is 12.8 Å². The highest BCUT2D eigenvalue weighted by molar-refractivity contribution is 6.10. The van der Waals surface area contributed by atoms with Gasteiger partial charge in [0.1, 0.15) is 0 Å². The van der Waals surface area contributed by atoms with Gasteiger partial charge in [-0.2, -0.15) is 0 Å². The Morgan fingerprint density at radius 2 is 2.00 bits per heavy atom. The Morgan fingerprint density at radius 3 is 2.79 bits per heavy atom. The van der Waals surface area contributed by atoms with Crippen LogP contribution in [0.25, 0.3) is 21.8 Å². The van der Waals surface area contributed by atoms with Crippen molar-refractivity contribution in [3.63, 3.8) is 0 Å². The van der Waals surface area contributed by atoms with Crippen LogP contribution in [0.1, 0.15) is 48.9 Å². The van der Waals surface area contributed by atoms with E-state index < -0.39 is 11.9 Å². The molecule has 1 unspecified atom stereocenters. The van der Waals surface area contributed by atoms with Crippen molar-refractivity contribution in [2.75, 3.05) is 0 Å². The topological polar surface area (TPSA) is 69.1 Å². The third-order valence-corrected chi connectivity index (χ3v) is 5.95. The van der Waals surface area contributed by atoms with Crippen LogP contribution in [-0.2, 0) is 12.8 Å². The number of phenolic OH excluding ortho intramolecular Hbond substituents is 1. The molecule has 4 aromatic rings. The van der Waals surface area contributed by atoms with Crippen LogP contribution in [0.4, 0.5) is 4.39 Å². The maximum absolute atomic E-state index is 13.9. The third kappa shape index (κ3) is 2.97. The highest BCUT2D eigenvalue weighted by Gasteiger charge is 2.35. The summed E-state index contributed by atoms with van der Waals surface area (Å²) in [5.41, 5.74) is 5.23. The number of benzene rings is 2. The molecule has 3 N–H and O–H groups in total. The number of nitrogens with zero attached hydrogens (tertiary/aromatic N) is 1. The second kappa shape index (κ2) is 6.29. The van der Waals surface area contributed by atoms with Crippen molar-refractivity contribution in [3.05, 3.63) is 70.8 Å². The van der Waals surface area contributed by atoms with Gasteiger partial charge in [0.15, 0.2) is 11.6 Å². The summed E-state index contributed by atoms with van der Waals surface area (Å²) in [7, 11) is 0. The van der Waals surface area contributed by atoms with Crippen molar-refractivity contribution in [1.82, 2.24) is 9.97 Å². The van der Waals surface area contributed by atoms with Gasteiger partial charge in [-0.3, -0.25) is 4.98 Å². The van der Waals surface area contributed by atoms with Crippen LogP contribution < -0.4 is 0 Å². The number of nitrogens with one attached hydrogen (secondary N) is 1. The zero-order valence-corrected chi connectivity index (χ0v) is 16.5. The average molecular weight is 390 g/mol. The van der Waals surface area contributed by atoms with E-state index in [2.05, 4.69) is 24.9 Å². The van der Waals surface area contributed by atoms with Crippen molar-refractivity contribution < 1.29 is 14.6 Å². The summed E-state index contributed by atoms with van der Waals surface area (Å²) in [6, 6.07) is 12.5. The van der Waals surface area contributed by atoms with Gasteiger partial charge in [0.2, 0.25) is 0 Å². The average Bonchev–Trinajstić information content (AvgIpc) is 3.03. The van der Waals surface area contributed by atoms with Gasteiger partial charge < -0.3 is 15.2 Å². The number of aliphatic hydroxyl groups is 1. The summed E-state index contributed by atoms with van der Waals surface area (Å²) in [5.74, 6) is -0.988. The summed E-state index contributed by atoms with van der Waals surface area (Å²) in [6.45, 7) is 4.30. The molecule has 5 rings (SSSR count). The van der Waals surface area contributed by atoms with Crippen LogP contribution >= 0.6 is 0 Å². The molecular weight excluding hydrogens is 367 g/mol. The minimum Gasteiger partial charge on any atom is -0.505 e. The first-order chi connectivity index (χ1) is 13.8. The fourth-order valence-electron chi connectivity index (χ4n) is 4.69. The third-order valence-electron chi connectivity index (χ3n) is 5.95. The zero-order chi connectivity index (χ0) is 20.3. The molecule has 0 amide bonds. The van der Waals surface area contributed by atoms with E-state index in [1.54, 1.807) is 6.07 Å². The standard InChI is InChI=1S/C24H23FN2O2/c1-24(2)11-18-22(20(29)12-24)21-14-5-3-4-6-16(14)27-23(21)17(26-18)10-13-7-8-19(28)15(25)9-13/h3-9,20,27-29H,10-12H2,1-2H3. The number of hydrogen-bond donors (Lipinski definition) is 3. The minimum atomic E-state index is -0.634. The lowest BCUT2D eigenvalue weighted by atomic mass is 9.74. The van der Waals surface area contributed by atoms with Gasteiger partial charge in [0.25, 0.3) is 0 Å². The van der Waals surface area contributed by atoms with Crippen molar-refractivity contribution in [1.29, 1.82) is 0 Å². The maximum Gasteiger partial charge on any atom is 0.165 e. The number of aromatic nitrogens is 2. The zero-order valence-electron chi connectivity index (χ0n) is 16.5. The largest absolute Gasteiger partial charge is 0.505 e. The molecule has 1 aliphatic rings. The lowest BCUT2D eigenvalue weighted by Gasteiger charge is -2.34. The summed E-state index contributed by atoms with van der Waals surface area (Å²) >= 11 is 0. The Bertz CT molecular complexity index is 1260. The predicted molar refractivity (Wildman–Crippen MR) is 112 cm³/mol. The molecule has 0 bridgehead atoms. The molecule has 2 aromatic carbocycles. The van der Waals surface area contributed by atoms with E-state index in [1.807, 2.05) is 18.2 Å². The van der Waals surface area contributed by atoms with Crippen LogP contribution in [0.5, 0.6) is 5.75 Å². The molecule has 29 heavy (non-hydrogen) atoms. The van der Waals surface area contributed by atoms with Crippen molar-refractivity contribution in [2.24, 2.45) is 5.41 Å². The first kappa shape index (κ1) is 18.1. The molecule has 5 heteroatoms. The number of para-hydroxylation sites is 1. The van der Waals surface area contributed by atoms with Crippen LogP contribution in [0.15, 0.2) is 42.5 Å². The van der Waals surface area contributed by atoms with E-state index in [4.69, 9.17) is 4.98 Å². The summed E-state index contributed by atoms with van der Waals surface area (Å²) < 4.78 is 13.9. The molecule has 2 heterocycles. The maximum atomic E-state index is 13.9. The summed E-state index contributed by atoms with van der Waals surface area (Å²) in [5, 5.41) is 22.6. The number of aromatic amines is 1. The second-order valence-electron chi connectivity index (χ2n) is 8.86. The number of aliphatic hydroxyl groups excluding tert-OH is 1. The van der Waals surface area contributed by atoms with Crippen LogP contribution in [-0.4, -0.2) is 20.2 Å². The molecule has 0 fully saturated rings. The molecule has 0 spiro atoms. The van der Waals surface area contributed by atoms with Gasteiger partial charge in [0, 0.05) is 34.0 Å². The SMILES string of the molecule is CC1(C)Cc2nc(Cc3ccc(O)c(F)c3)c3[nH]c4ccccc4c3c2C(O)C1. The first-order valence-electron chi connectivity index (χ1n) is 9.90. The van der Waals surface area contributed by atoms with Gasteiger partial charge in [-0.25, -0.2) is 4.39 Å². The van der Waals surface area contributed by atoms with Crippen molar-refractivity contribution in [2.45, 2.75) is 39.2 Å². The minimum absolute atomic E-state index is 0.0406. The van der Waals surface area contributed by atoms with E-state index >= 15 is 0 Å². The molecule has 1 atom stereocenters. The normalized spacial score (nSPS) is 18.3. The number of aromatic hydroxyl groups is 1.